The minimum Gasteiger partial charge on any atom is -0.870 e. The molecular formula is C35H25LiN6O5. The summed E-state index contributed by atoms with van der Waals surface area (Å²) in [5.41, 5.74) is 6.88. The van der Waals surface area contributed by atoms with E-state index in [9.17, 15) is 9.59 Å². The van der Waals surface area contributed by atoms with Crippen LogP contribution in [0.5, 0.6) is 0 Å². The van der Waals surface area contributed by atoms with Gasteiger partial charge in [-0.25, -0.2) is 19.3 Å². The Kier molecular flexibility index (Phi) is 12.4. The van der Waals surface area contributed by atoms with Gasteiger partial charge in [-0.1, -0.05) is 24.3 Å². The van der Waals surface area contributed by atoms with Crippen molar-refractivity contribution in [3.05, 3.63) is 154 Å². The van der Waals surface area contributed by atoms with Gasteiger partial charge in [0, 0.05) is 49.0 Å². The van der Waals surface area contributed by atoms with Crippen molar-refractivity contribution in [2.24, 2.45) is 0 Å². The van der Waals surface area contributed by atoms with Crippen molar-refractivity contribution in [3.63, 3.8) is 0 Å². The van der Waals surface area contributed by atoms with Gasteiger partial charge < -0.3 is 15.3 Å². The third-order valence-electron chi connectivity index (χ3n) is 6.79. The molecule has 6 aromatic rings. The van der Waals surface area contributed by atoms with E-state index in [-0.39, 0.29) is 35.9 Å². The summed E-state index contributed by atoms with van der Waals surface area (Å²) in [5.74, 6) is -1.34. The van der Waals surface area contributed by atoms with E-state index < -0.39 is 5.97 Å². The van der Waals surface area contributed by atoms with Crippen LogP contribution in [0.2, 0.25) is 0 Å². The molecule has 2 aromatic carbocycles. The molecule has 0 amide bonds. The number of pyridine rings is 4. The molecular weight excluding hydrogens is 591 g/mol. The van der Waals surface area contributed by atoms with E-state index in [1.54, 1.807) is 42.9 Å². The quantitative estimate of drug-likeness (QED) is 0.167. The smallest absolute Gasteiger partial charge is 0.870 e. The van der Waals surface area contributed by atoms with Gasteiger partial charge in [0.2, 0.25) is 11.4 Å². The van der Waals surface area contributed by atoms with E-state index in [0.717, 1.165) is 38.6 Å². The zero-order chi connectivity index (χ0) is 31.8. The number of rotatable bonds is 6. The second kappa shape index (κ2) is 16.4. The molecule has 12 heteroatoms. The number of aromatic carboxylic acids is 1. The predicted octanol–water partition coefficient (Wildman–Crippen LogP) is 3.85. The Labute approximate surface area is 282 Å². The fourth-order valence-corrected chi connectivity index (χ4v) is 4.63. The summed E-state index contributed by atoms with van der Waals surface area (Å²) in [6.45, 7) is 14.1. The predicted molar refractivity (Wildman–Crippen MR) is 170 cm³/mol. The minimum absolute atomic E-state index is 0. The van der Waals surface area contributed by atoms with Crippen molar-refractivity contribution in [2.45, 2.75) is 12.8 Å². The first kappa shape index (κ1) is 35.5. The number of carbonyl (C=O) groups is 2. The first-order valence-electron chi connectivity index (χ1n) is 13.6. The van der Waals surface area contributed by atoms with E-state index in [1.165, 1.54) is 19.4 Å². The molecule has 0 bridgehead atoms. The average Bonchev–Trinajstić information content (AvgIpc) is 3.07. The van der Waals surface area contributed by atoms with Crippen LogP contribution < -0.4 is 18.9 Å². The van der Waals surface area contributed by atoms with Crippen LogP contribution in [0.4, 0.5) is 11.4 Å². The van der Waals surface area contributed by atoms with Gasteiger partial charge in [-0.2, -0.15) is 0 Å². The summed E-state index contributed by atoms with van der Waals surface area (Å²) >= 11 is 0. The summed E-state index contributed by atoms with van der Waals surface area (Å²) in [4.78, 5) is 46.3. The molecule has 0 saturated heterocycles. The third kappa shape index (κ3) is 9.04. The van der Waals surface area contributed by atoms with E-state index >= 15 is 0 Å². The Bertz CT molecular complexity index is 2160. The second-order valence-electron chi connectivity index (χ2n) is 9.89. The number of hydrogen-bond donors (Lipinski definition) is 1. The minimum atomic E-state index is -0.965. The van der Waals surface area contributed by atoms with Crippen molar-refractivity contribution in [1.82, 2.24) is 19.9 Å². The van der Waals surface area contributed by atoms with Crippen LogP contribution in [-0.4, -0.2) is 49.6 Å². The molecule has 4 aromatic heterocycles. The molecule has 226 valence electrons. The number of aromatic nitrogens is 4. The SMILES string of the molecule is [C-]#[N+]c1cnc2ccc(Cc3cc(C(=O)O)ccn3)cc2c1.[C-]#[N+]c1cnc2ccc(Cc3cc(C(=O)OC)ccn3)cc2c1.[Li+].[OH-]. The maximum absolute atomic E-state index is 11.6. The number of fused-ring (bicyclic) bond motifs is 2. The van der Waals surface area contributed by atoms with Gasteiger partial charge in [0.25, 0.3) is 0 Å². The van der Waals surface area contributed by atoms with Crippen LogP contribution >= 0.6 is 0 Å². The molecule has 0 spiro atoms. The van der Waals surface area contributed by atoms with Gasteiger partial charge in [0.15, 0.2) is 0 Å². The molecule has 0 aliphatic heterocycles. The number of carbonyl (C=O) groups excluding carboxylic acids is 1. The van der Waals surface area contributed by atoms with E-state index in [4.69, 9.17) is 23.0 Å². The number of carboxylic acids is 1. The first-order chi connectivity index (χ1) is 21.8. The fraction of sp³-hybridized carbons (Fsp3) is 0.0857. The molecule has 0 radical (unpaired) electrons. The second-order valence-corrected chi connectivity index (χ2v) is 9.89. The van der Waals surface area contributed by atoms with Crippen molar-refractivity contribution in [1.29, 1.82) is 0 Å². The molecule has 0 unspecified atom stereocenters. The van der Waals surface area contributed by atoms with E-state index in [0.29, 0.717) is 35.5 Å². The molecule has 0 atom stereocenters. The summed E-state index contributed by atoms with van der Waals surface area (Å²) < 4.78 is 4.72. The molecule has 2 N–H and O–H groups in total. The van der Waals surface area contributed by atoms with Gasteiger partial charge in [0.05, 0.1) is 42.4 Å². The average molecular weight is 617 g/mol. The van der Waals surface area contributed by atoms with Gasteiger partial charge in [-0.15, -0.1) is 0 Å². The van der Waals surface area contributed by atoms with Crippen LogP contribution in [0.3, 0.4) is 0 Å². The number of esters is 1. The standard InChI is InChI=1S/C18H13N3O2.C17H11N3O2.Li.H2O/c1-19-16-10-14-7-12(3-4-17(14)21-11-16)8-15-9-13(5-6-20-15)18(22)23-2;1-18-15-9-13-6-11(2-3-16(13)20-10-15)7-14-8-12(17(21)22)4-5-19-14;;/h3-7,9-11H,8H2,2H3;2-6,8-10H,7H2,(H,21,22);;1H2/q;;+1;/p-1. The van der Waals surface area contributed by atoms with Crippen molar-refractivity contribution < 1.29 is 43.8 Å². The Balaban J connectivity index is 0.000000245. The molecule has 4 heterocycles. The monoisotopic (exact) mass is 616 g/mol. The number of benzene rings is 2. The van der Waals surface area contributed by atoms with E-state index in [1.807, 2.05) is 42.5 Å². The van der Waals surface area contributed by atoms with Crippen molar-refractivity contribution >= 4 is 45.1 Å². The molecule has 0 fully saturated rings. The summed E-state index contributed by atoms with van der Waals surface area (Å²) in [7, 11) is 1.35. The normalized spacial score (nSPS) is 9.85. The van der Waals surface area contributed by atoms with Crippen molar-refractivity contribution in [3.8, 4) is 0 Å². The third-order valence-corrected chi connectivity index (χ3v) is 6.79. The maximum atomic E-state index is 11.6. The maximum Gasteiger partial charge on any atom is 1.00 e. The Hall–Kier alpha value is -5.96. The first-order valence-corrected chi connectivity index (χ1v) is 13.6. The zero-order valence-electron chi connectivity index (χ0n) is 25.5. The van der Waals surface area contributed by atoms with Gasteiger partial charge in [-0.3, -0.25) is 19.9 Å². The Morgan fingerprint density at radius 1 is 0.702 bits per heavy atom. The van der Waals surface area contributed by atoms with Gasteiger partial charge >= 0.3 is 30.8 Å². The Morgan fingerprint density at radius 3 is 1.62 bits per heavy atom. The molecule has 47 heavy (non-hydrogen) atoms. The summed E-state index contributed by atoms with van der Waals surface area (Å²) in [6.07, 6.45) is 7.32. The van der Waals surface area contributed by atoms with E-state index in [2.05, 4.69) is 29.6 Å². The van der Waals surface area contributed by atoms with Crippen LogP contribution in [0.25, 0.3) is 31.5 Å². The molecule has 0 aliphatic carbocycles. The molecule has 0 saturated carbocycles. The zero-order valence-corrected chi connectivity index (χ0v) is 25.5. The van der Waals surface area contributed by atoms with Gasteiger partial charge in [-0.05, 0) is 70.4 Å². The van der Waals surface area contributed by atoms with Crippen LogP contribution in [-0.2, 0) is 17.6 Å². The molecule has 0 aliphatic rings. The molecule has 6 rings (SSSR count). The molecule has 11 nitrogen and oxygen atoms in total. The van der Waals surface area contributed by atoms with Crippen LogP contribution in [0.1, 0.15) is 43.2 Å². The topological polar surface area (TPSA) is 154 Å². The number of methoxy groups -OCH3 is 1. The van der Waals surface area contributed by atoms with Crippen LogP contribution in [0, 0.1) is 13.1 Å². The Morgan fingerprint density at radius 2 is 1.17 bits per heavy atom. The number of carboxylic acid groups (broad SMARTS) is 1. The van der Waals surface area contributed by atoms with Crippen LogP contribution in [0.15, 0.2) is 97.6 Å². The largest absolute Gasteiger partial charge is 1.00 e. The number of nitrogens with zero attached hydrogens (tertiary/aromatic N) is 6. The van der Waals surface area contributed by atoms with Crippen molar-refractivity contribution in [2.75, 3.05) is 7.11 Å². The number of hydrogen-bond acceptors (Lipinski definition) is 8. The fourth-order valence-electron chi connectivity index (χ4n) is 4.63. The van der Waals surface area contributed by atoms with Gasteiger partial charge in [0.1, 0.15) is 0 Å². The summed E-state index contributed by atoms with van der Waals surface area (Å²) in [6, 6.07) is 21.7. The number of ether oxygens (including phenoxy) is 1. The summed E-state index contributed by atoms with van der Waals surface area (Å²) in [5, 5.41) is 10.8.